The van der Waals surface area contributed by atoms with Crippen molar-refractivity contribution in [2.24, 2.45) is 0 Å². The molecular weight excluding hydrogens is 294 g/mol. The third-order valence-corrected chi connectivity index (χ3v) is 5.12. The Morgan fingerprint density at radius 2 is 2.05 bits per heavy atom. The maximum Gasteiger partial charge on any atom is 0.422 e. The van der Waals surface area contributed by atoms with E-state index in [1.165, 1.54) is 4.31 Å². The summed E-state index contributed by atoms with van der Waals surface area (Å²) < 4.78 is 33.0. The minimum atomic E-state index is -3.83. The second kappa shape index (κ2) is 6.93. The van der Waals surface area contributed by atoms with Gasteiger partial charge >= 0.3 is 16.3 Å². The first-order valence-corrected chi connectivity index (χ1v) is 9.06. The molecule has 21 heavy (non-hydrogen) atoms. The predicted octanol–water partition coefficient (Wildman–Crippen LogP) is 0.972. The Kier molecular flexibility index (Phi) is 5.45. The number of nitrogens with one attached hydrogen (secondary N) is 2. The van der Waals surface area contributed by atoms with E-state index >= 15 is 0 Å². The van der Waals surface area contributed by atoms with Crippen LogP contribution in [0.2, 0.25) is 0 Å². The number of hydrogen-bond donors (Lipinski definition) is 2. The molecule has 122 valence electrons. The molecule has 0 aromatic heterocycles. The summed E-state index contributed by atoms with van der Waals surface area (Å²) in [5.41, 5.74) is 0. The lowest BCUT2D eigenvalue weighted by atomic mass is 10.1. The van der Waals surface area contributed by atoms with Crippen molar-refractivity contribution in [3.05, 3.63) is 0 Å². The summed E-state index contributed by atoms with van der Waals surface area (Å²) in [5, 5.41) is 3.34. The summed E-state index contributed by atoms with van der Waals surface area (Å²) in [6.45, 7) is 4.69. The van der Waals surface area contributed by atoms with Crippen molar-refractivity contribution >= 4 is 16.3 Å². The van der Waals surface area contributed by atoms with E-state index in [0.29, 0.717) is 6.54 Å². The lowest BCUT2D eigenvalue weighted by Crippen LogP contribution is -2.51. The average Bonchev–Trinajstić information content (AvgIpc) is 3.19. The molecule has 2 fully saturated rings. The largest absolute Gasteiger partial charge is 0.446 e. The molecule has 1 heterocycles. The summed E-state index contributed by atoms with van der Waals surface area (Å²) in [7, 11) is -3.83. The molecule has 1 aliphatic heterocycles. The molecule has 0 bridgehead atoms. The second-order valence-electron chi connectivity index (χ2n) is 6.01. The van der Waals surface area contributed by atoms with Crippen molar-refractivity contribution in [2.75, 3.05) is 13.1 Å². The van der Waals surface area contributed by atoms with E-state index in [9.17, 15) is 13.2 Å². The van der Waals surface area contributed by atoms with Gasteiger partial charge in [-0.2, -0.15) is 12.7 Å². The highest BCUT2D eigenvalue weighted by molar-refractivity contribution is 7.87. The SMILES string of the molecule is CC(C)OC(=O)NS(=O)(=O)N(CC1CCCCN1)C1CC1. The standard InChI is InChI=1S/C13H25N3O4S/c1-10(2)20-13(17)15-21(18,19)16(12-6-7-12)9-11-5-3-4-8-14-11/h10-12,14H,3-9H2,1-2H3,(H,15,17). The number of piperidine rings is 1. The van der Waals surface area contributed by atoms with Crippen molar-refractivity contribution in [2.45, 2.75) is 64.1 Å². The van der Waals surface area contributed by atoms with Crippen molar-refractivity contribution in [3.63, 3.8) is 0 Å². The fourth-order valence-electron chi connectivity index (χ4n) is 2.51. The molecule has 1 aliphatic carbocycles. The molecular formula is C13H25N3O4S. The zero-order chi connectivity index (χ0) is 15.5. The summed E-state index contributed by atoms with van der Waals surface area (Å²) >= 11 is 0. The number of amides is 1. The van der Waals surface area contributed by atoms with Gasteiger partial charge < -0.3 is 10.1 Å². The van der Waals surface area contributed by atoms with E-state index in [4.69, 9.17) is 4.74 Å². The first-order valence-electron chi connectivity index (χ1n) is 7.62. The van der Waals surface area contributed by atoms with E-state index in [0.717, 1.165) is 38.6 Å². The second-order valence-corrected chi connectivity index (χ2v) is 7.63. The summed E-state index contributed by atoms with van der Waals surface area (Å²) in [4.78, 5) is 11.6. The molecule has 1 unspecified atom stereocenters. The Morgan fingerprint density at radius 1 is 1.33 bits per heavy atom. The van der Waals surface area contributed by atoms with Crippen molar-refractivity contribution < 1.29 is 17.9 Å². The first-order chi connectivity index (χ1) is 9.88. The third kappa shape index (κ3) is 5.12. The van der Waals surface area contributed by atoms with Gasteiger partial charge in [0.1, 0.15) is 0 Å². The smallest absolute Gasteiger partial charge is 0.422 e. The van der Waals surface area contributed by atoms with Crippen LogP contribution < -0.4 is 10.0 Å². The van der Waals surface area contributed by atoms with E-state index in [1.54, 1.807) is 13.8 Å². The fraction of sp³-hybridized carbons (Fsp3) is 0.923. The molecule has 2 rings (SSSR count). The molecule has 0 spiro atoms. The number of rotatable bonds is 6. The van der Waals surface area contributed by atoms with Crippen LogP contribution in [0.3, 0.4) is 0 Å². The molecule has 2 aliphatic rings. The van der Waals surface area contributed by atoms with Crippen molar-refractivity contribution in [1.29, 1.82) is 0 Å². The molecule has 0 aromatic rings. The number of carbonyl (C=O) groups excluding carboxylic acids is 1. The number of ether oxygens (including phenoxy) is 1. The molecule has 1 saturated carbocycles. The predicted molar refractivity (Wildman–Crippen MR) is 79.0 cm³/mol. The number of nitrogens with zero attached hydrogens (tertiary/aromatic N) is 1. The van der Waals surface area contributed by atoms with Crippen LogP contribution in [0, 0.1) is 0 Å². The van der Waals surface area contributed by atoms with Crippen LogP contribution in [0.1, 0.15) is 46.0 Å². The fourth-order valence-corrected chi connectivity index (χ4v) is 3.86. The Bertz CT molecular complexity index is 456. The van der Waals surface area contributed by atoms with Crippen molar-refractivity contribution in [1.82, 2.24) is 14.3 Å². The van der Waals surface area contributed by atoms with Gasteiger partial charge in [0.15, 0.2) is 0 Å². The number of hydrogen-bond acceptors (Lipinski definition) is 5. The molecule has 8 heteroatoms. The van der Waals surface area contributed by atoms with E-state index in [-0.39, 0.29) is 18.2 Å². The van der Waals surface area contributed by atoms with Crippen LogP contribution in [0.5, 0.6) is 0 Å². The van der Waals surface area contributed by atoms with Gasteiger partial charge in [-0.25, -0.2) is 9.52 Å². The molecule has 1 saturated heterocycles. The average molecular weight is 319 g/mol. The summed E-state index contributed by atoms with van der Waals surface area (Å²) in [6, 6.07) is 0.176. The van der Waals surface area contributed by atoms with Gasteiger partial charge in [0, 0.05) is 18.6 Å². The van der Waals surface area contributed by atoms with Crippen LogP contribution in [0.4, 0.5) is 4.79 Å². The minimum absolute atomic E-state index is 0.0121. The topological polar surface area (TPSA) is 87.7 Å². The lowest BCUT2D eigenvalue weighted by Gasteiger charge is -2.30. The Balaban J connectivity index is 1.97. The molecule has 1 atom stereocenters. The molecule has 0 radical (unpaired) electrons. The Morgan fingerprint density at radius 3 is 2.57 bits per heavy atom. The van der Waals surface area contributed by atoms with Gasteiger partial charge in [0.25, 0.3) is 0 Å². The van der Waals surface area contributed by atoms with Gasteiger partial charge in [0.2, 0.25) is 0 Å². The zero-order valence-electron chi connectivity index (χ0n) is 12.7. The maximum atomic E-state index is 12.4. The summed E-state index contributed by atoms with van der Waals surface area (Å²) in [6.07, 6.45) is 3.65. The van der Waals surface area contributed by atoms with Gasteiger partial charge in [0.05, 0.1) is 6.10 Å². The molecule has 0 aromatic carbocycles. The maximum absolute atomic E-state index is 12.4. The first kappa shape index (κ1) is 16.5. The van der Waals surface area contributed by atoms with Crippen molar-refractivity contribution in [3.8, 4) is 0 Å². The molecule has 1 amide bonds. The van der Waals surface area contributed by atoms with Crippen LogP contribution >= 0.6 is 0 Å². The van der Waals surface area contributed by atoms with Gasteiger partial charge in [-0.3, -0.25) is 0 Å². The van der Waals surface area contributed by atoms with Crippen LogP contribution in [0.25, 0.3) is 0 Å². The van der Waals surface area contributed by atoms with E-state index < -0.39 is 16.3 Å². The zero-order valence-corrected chi connectivity index (χ0v) is 13.5. The molecule has 7 nitrogen and oxygen atoms in total. The Hall–Kier alpha value is -0.860. The third-order valence-electron chi connectivity index (χ3n) is 3.63. The quantitative estimate of drug-likeness (QED) is 0.762. The van der Waals surface area contributed by atoms with Crippen LogP contribution in [0.15, 0.2) is 0 Å². The summed E-state index contributed by atoms with van der Waals surface area (Å²) in [5.74, 6) is 0. The van der Waals surface area contributed by atoms with Crippen LogP contribution in [-0.2, 0) is 14.9 Å². The highest BCUT2D eigenvalue weighted by Crippen LogP contribution is 2.29. The van der Waals surface area contributed by atoms with Gasteiger partial charge in [-0.15, -0.1) is 0 Å². The van der Waals surface area contributed by atoms with Crippen LogP contribution in [-0.4, -0.2) is 50.1 Å². The highest BCUT2D eigenvalue weighted by atomic mass is 32.2. The molecule has 2 N–H and O–H groups in total. The highest BCUT2D eigenvalue weighted by Gasteiger charge is 2.39. The monoisotopic (exact) mass is 319 g/mol. The van der Waals surface area contributed by atoms with Gasteiger partial charge in [-0.1, -0.05) is 6.42 Å². The Labute approximate surface area is 126 Å². The number of carbonyl (C=O) groups is 1. The van der Waals surface area contributed by atoms with E-state index in [2.05, 4.69) is 5.32 Å². The van der Waals surface area contributed by atoms with E-state index in [1.807, 2.05) is 4.72 Å². The van der Waals surface area contributed by atoms with Gasteiger partial charge in [-0.05, 0) is 46.1 Å². The lowest BCUT2D eigenvalue weighted by molar-refractivity contribution is 0.121. The normalized spacial score (nSPS) is 23.3. The minimum Gasteiger partial charge on any atom is -0.446 e.